The first-order valence-electron chi connectivity index (χ1n) is 4.70. The molecule has 0 bridgehead atoms. The second-order valence-electron chi connectivity index (χ2n) is 3.31. The zero-order valence-corrected chi connectivity index (χ0v) is 8.51. The van der Waals surface area contributed by atoms with Crippen LogP contribution in [0.15, 0.2) is 34.7 Å². The Morgan fingerprint density at radius 3 is 2.65 bits per heavy atom. The second-order valence-corrected chi connectivity index (χ2v) is 3.31. The molecule has 2 aromatic rings. The first-order chi connectivity index (χ1) is 8.11. The molecule has 0 aliphatic heterocycles. The fourth-order valence-corrected chi connectivity index (χ4v) is 1.47. The van der Waals surface area contributed by atoms with Crippen LogP contribution < -0.4 is 0 Å². The van der Waals surface area contributed by atoms with Crippen LogP contribution in [0, 0.1) is 5.82 Å². The minimum Gasteiger partial charge on any atom is -0.478 e. The molecule has 0 unspecified atom stereocenters. The van der Waals surface area contributed by atoms with E-state index in [9.17, 15) is 14.0 Å². The third kappa shape index (κ3) is 2.08. The van der Waals surface area contributed by atoms with E-state index in [-0.39, 0.29) is 22.6 Å². The molecule has 4 nitrogen and oxygen atoms in total. The Labute approximate surface area is 95.3 Å². The summed E-state index contributed by atoms with van der Waals surface area (Å²) in [5.41, 5.74) is 0.0174. The van der Waals surface area contributed by atoms with Crippen molar-refractivity contribution in [3.63, 3.8) is 0 Å². The predicted octanol–water partition coefficient (Wildman–Crippen LogP) is 2.60. The van der Waals surface area contributed by atoms with Crippen molar-refractivity contribution in [1.29, 1.82) is 0 Å². The minimum atomic E-state index is -1.19. The SMILES string of the molecule is O=Cc1ccc(-c2cc(F)ccc2C(=O)O)o1. The molecule has 0 saturated carbocycles. The summed E-state index contributed by atoms with van der Waals surface area (Å²) in [6, 6.07) is 6.06. The molecule has 0 spiro atoms. The van der Waals surface area contributed by atoms with E-state index >= 15 is 0 Å². The topological polar surface area (TPSA) is 67.5 Å². The zero-order chi connectivity index (χ0) is 12.4. The van der Waals surface area contributed by atoms with Crippen LogP contribution in [0.5, 0.6) is 0 Å². The molecule has 0 radical (unpaired) electrons. The summed E-state index contributed by atoms with van der Waals surface area (Å²) in [6.45, 7) is 0. The van der Waals surface area contributed by atoms with Gasteiger partial charge >= 0.3 is 5.97 Å². The number of furan rings is 1. The van der Waals surface area contributed by atoms with Crippen molar-refractivity contribution in [3.05, 3.63) is 47.5 Å². The Morgan fingerprint density at radius 1 is 1.29 bits per heavy atom. The number of carboxylic acids is 1. The molecular weight excluding hydrogens is 227 g/mol. The summed E-state index contributed by atoms with van der Waals surface area (Å²) in [7, 11) is 0. The number of rotatable bonds is 3. The van der Waals surface area contributed by atoms with Crippen molar-refractivity contribution < 1.29 is 23.5 Å². The summed E-state index contributed by atoms with van der Waals surface area (Å²) in [6.07, 6.45) is 0.489. The highest BCUT2D eigenvalue weighted by Crippen LogP contribution is 2.26. The fraction of sp³-hybridized carbons (Fsp3) is 0. The van der Waals surface area contributed by atoms with E-state index in [1.54, 1.807) is 0 Å². The van der Waals surface area contributed by atoms with Gasteiger partial charge in [-0.2, -0.15) is 0 Å². The average Bonchev–Trinajstić information content (AvgIpc) is 2.76. The van der Waals surface area contributed by atoms with Crippen molar-refractivity contribution in [2.24, 2.45) is 0 Å². The Balaban J connectivity index is 2.60. The van der Waals surface area contributed by atoms with Gasteiger partial charge in [0.05, 0.1) is 5.56 Å². The highest BCUT2D eigenvalue weighted by molar-refractivity contribution is 5.95. The van der Waals surface area contributed by atoms with E-state index in [0.29, 0.717) is 6.29 Å². The smallest absolute Gasteiger partial charge is 0.336 e. The van der Waals surface area contributed by atoms with Gasteiger partial charge in [-0.3, -0.25) is 4.79 Å². The lowest BCUT2D eigenvalue weighted by molar-refractivity contribution is 0.0697. The van der Waals surface area contributed by atoms with Gasteiger partial charge in [0.15, 0.2) is 12.0 Å². The van der Waals surface area contributed by atoms with Gasteiger partial charge in [0.25, 0.3) is 0 Å². The lowest BCUT2D eigenvalue weighted by Gasteiger charge is -2.02. The van der Waals surface area contributed by atoms with Crippen LogP contribution in [0.3, 0.4) is 0 Å². The maximum Gasteiger partial charge on any atom is 0.336 e. The number of carboxylic acid groups (broad SMARTS) is 1. The number of benzene rings is 1. The summed E-state index contributed by atoms with van der Waals surface area (Å²) in [4.78, 5) is 21.4. The third-order valence-corrected chi connectivity index (χ3v) is 2.22. The van der Waals surface area contributed by atoms with Gasteiger partial charge in [0.2, 0.25) is 0 Å². The number of halogens is 1. The van der Waals surface area contributed by atoms with E-state index in [2.05, 4.69) is 0 Å². The summed E-state index contributed by atoms with van der Waals surface area (Å²) < 4.78 is 18.1. The number of hydrogen-bond acceptors (Lipinski definition) is 3. The highest BCUT2D eigenvalue weighted by Gasteiger charge is 2.15. The largest absolute Gasteiger partial charge is 0.478 e. The van der Waals surface area contributed by atoms with Gasteiger partial charge in [-0.1, -0.05) is 0 Å². The number of hydrogen-bond donors (Lipinski definition) is 1. The van der Waals surface area contributed by atoms with E-state index in [4.69, 9.17) is 9.52 Å². The lowest BCUT2D eigenvalue weighted by atomic mass is 10.1. The summed E-state index contributed by atoms with van der Waals surface area (Å²) >= 11 is 0. The van der Waals surface area contributed by atoms with Crippen molar-refractivity contribution >= 4 is 12.3 Å². The summed E-state index contributed by atoms with van der Waals surface area (Å²) in [5.74, 6) is -1.57. The van der Waals surface area contributed by atoms with Crippen molar-refractivity contribution in [3.8, 4) is 11.3 Å². The van der Waals surface area contributed by atoms with Crippen LogP contribution in [-0.2, 0) is 0 Å². The number of carbonyl (C=O) groups is 2. The maximum atomic E-state index is 13.1. The molecule has 1 aromatic carbocycles. The van der Waals surface area contributed by atoms with Crippen LogP contribution in [0.25, 0.3) is 11.3 Å². The van der Waals surface area contributed by atoms with Crippen molar-refractivity contribution in [2.45, 2.75) is 0 Å². The summed E-state index contributed by atoms with van der Waals surface area (Å²) in [5, 5.41) is 8.95. The molecule has 1 heterocycles. The number of aldehydes is 1. The van der Waals surface area contributed by atoms with Gasteiger partial charge in [0, 0.05) is 5.56 Å². The molecule has 0 atom stereocenters. The van der Waals surface area contributed by atoms with Crippen LogP contribution in [-0.4, -0.2) is 17.4 Å². The standard InChI is InChI=1S/C12H7FO4/c13-7-1-3-9(12(15)16)10(5-7)11-4-2-8(6-14)17-11/h1-6H,(H,15,16). The molecule has 17 heavy (non-hydrogen) atoms. The minimum absolute atomic E-state index is 0.0561. The van der Waals surface area contributed by atoms with Crippen LogP contribution in [0.1, 0.15) is 20.9 Å². The molecule has 0 fully saturated rings. The quantitative estimate of drug-likeness (QED) is 0.829. The van der Waals surface area contributed by atoms with E-state index < -0.39 is 11.8 Å². The molecule has 1 N–H and O–H groups in total. The average molecular weight is 234 g/mol. The van der Waals surface area contributed by atoms with Crippen molar-refractivity contribution in [2.75, 3.05) is 0 Å². The Hall–Kier alpha value is -2.43. The second kappa shape index (κ2) is 4.21. The van der Waals surface area contributed by atoms with Crippen LogP contribution in [0.4, 0.5) is 4.39 Å². The molecule has 86 valence electrons. The monoisotopic (exact) mass is 234 g/mol. The van der Waals surface area contributed by atoms with E-state index in [1.807, 2.05) is 0 Å². The highest BCUT2D eigenvalue weighted by atomic mass is 19.1. The van der Waals surface area contributed by atoms with Gasteiger partial charge in [-0.15, -0.1) is 0 Å². The van der Waals surface area contributed by atoms with E-state index in [0.717, 1.165) is 18.2 Å². The molecular formula is C12H7FO4. The first kappa shape index (κ1) is 11.1. The number of aromatic carboxylic acids is 1. The van der Waals surface area contributed by atoms with Gasteiger partial charge in [0.1, 0.15) is 11.6 Å². The Bertz CT molecular complexity index is 586. The molecule has 0 amide bonds. The lowest BCUT2D eigenvalue weighted by Crippen LogP contribution is -1.99. The Morgan fingerprint density at radius 2 is 2.06 bits per heavy atom. The first-order valence-corrected chi connectivity index (χ1v) is 4.70. The molecule has 0 saturated heterocycles. The number of carbonyl (C=O) groups excluding carboxylic acids is 1. The zero-order valence-electron chi connectivity index (χ0n) is 8.51. The van der Waals surface area contributed by atoms with Crippen LogP contribution in [0.2, 0.25) is 0 Å². The van der Waals surface area contributed by atoms with Crippen LogP contribution >= 0.6 is 0 Å². The van der Waals surface area contributed by atoms with Gasteiger partial charge < -0.3 is 9.52 Å². The predicted molar refractivity (Wildman–Crippen MR) is 56.4 cm³/mol. The Kier molecular flexibility index (Phi) is 2.74. The maximum absolute atomic E-state index is 13.1. The molecule has 0 aliphatic rings. The normalized spacial score (nSPS) is 10.2. The van der Waals surface area contributed by atoms with Gasteiger partial charge in [-0.25, -0.2) is 9.18 Å². The van der Waals surface area contributed by atoms with Gasteiger partial charge in [-0.05, 0) is 30.3 Å². The fourth-order valence-electron chi connectivity index (χ4n) is 1.47. The molecule has 2 rings (SSSR count). The van der Waals surface area contributed by atoms with Crippen molar-refractivity contribution in [1.82, 2.24) is 0 Å². The molecule has 1 aromatic heterocycles. The molecule has 0 aliphatic carbocycles. The third-order valence-electron chi connectivity index (χ3n) is 2.22. The molecule has 5 heteroatoms. The van der Waals surface area contributed by atoms with E-state index in [1.165, 1.54) is 12.1 Å².